The molecule has 1 atom stereocenters. The summed E-state index contributed by atoms with van der Waals surface area (Å²) >= 11 is 13.3. The number of amidine groups is 1. The monoisotopic (exact) mass is 533 g/mol. The predicted molar refractivity (Wildman–Crippen MR) is 127 cm³/mol. The summed E-state index contributed by atoms with van der Waals surface area (Å²) in [4.78, 5) is 21.1. The molecule has 2 aromatic rings. The van der Waals surface area contributed by atoms with Gasteiger partial charge < -0.3 is 15.1 Å². The Morgan fingerprint density at radius 2 is 1.85 bits per heavy atom. The molecule has 0 fully saturated rings. The molecule has 0 bridgehead atoms. The van der Waals surface area contributed by atoms with Gasteiger partial charge in [-0.1, -0.05) is 49.1 Å². The maximum absolute atomic E-state index is 14.2. The van der Waals surface area contributed by atoms with Crippen LogP contribution in [0.15, 0.2) is 23.4 Å². The third kappa shape index (κ3) is 4.62. The first-order valence-corrected chi connectivity index (χ1v) is 12.2. The number of fused-ring (bicyclic) bond motifs is 1. The van der Waals surface area contributed by atoms with Gasteiger partial charge in [-0.3, -0.25) is 4.79 Å². The van der Waals surface area contributed by atoms with E-state index in [0.29, 0.717) is 24.5 Å². The lowest BCUT2D eigenvalue weighted by Gasteiger charge is -2.30. The topological polar surface area (TPSA) is 53.9 Å². The summed E-state index contributed by atoms with van der Waals surface area (Å²) in [5, 5.41) is 6.96. The van der Waals surface area contributed by atoms with Crippen molar-refractivity contribution in [2.75, 3.05) is 6.54 Å². The van der Waals surface area contributed by atoms with Gasteiger partial charge >= 0.3 is 6.18 Å². The average molecular weight is 534 g/mol. The minimum Gasteiger partial charge on any atom is -0.372 e. The molecule has 34 heavy (non-hydrogen) atoms. The van der Waals surface area contributed by atoms with Crippen LogP contribution in [0.4, 0.5) is 13.2 Å². The number of nitrogens with zero attached hydrogens (tertiary/aromatic N) is 2. The Kier molecular flexibility index (Phi) is 6.36. The summed E-state index contributed by atoms with van der Waals surface area (Å²) in [6, 6.07) is 3.77. The van der Waals surface area contributed by atoms with Crippen molar-refractivity contribution in [1.29, 1.82) is 0 Å². The summed E-state index contributed by atoms with van der Waals surface area (Å²) < 4.78 is 42.7. The number of rotatable bonds is 3. The highest BCUT2D eigenvalue weighted by Gasteiger charge is 2.63. The van der Waals surface area contributed by atoms with Crippen LogP contribution in [0.3, 0.4) is 0 Å². The SMILES string of the molecule is Cc1c(C(=O)NCC(C)(C)C)sc2c1CN(C1=NOC(c3cc(Cl)cc(Cl)c3)(C(F)(F)F)C1)C2. The van der Waals surface area contributed by atoms with E-state index in [4.69, 9.17) is 28.0 Å². The van der Waals surface area contributed by atoms with Gasteiger partial charge in [-0.15, -0.1) is 11.3 Å². The van der Waals surface area contributed by atoms with Gasteiger partial charge in [-0.25, -0.2) is 0 Å². The molecule has 0 radical (unpaired) electrons. The lowest BCUT2D eigenvalue weighted by atomic mass is 9.89. The Hall–Kier alpha value is -1.97. The number of halogens is 5. The van der Waals surface area contributed by atoms with Crippen molar-refractivity contribution in [3.63, 3.8) is 0 Å². The summed E-state index contributed by atoms with van der Waals surface area (Å²) in [6.45, 7) is 9.24. The Labute approximate surface area is 209 Å². The van der Waals surface area contributed by atoms with Crippen LogP contribution in [-0.4, -0.2) is 29.4 Å². The van der Waals surface area contributed by atoms with Crippen molar-refractivity contribution in [3.8, 4) is 0 Å². The Balaban J connectivity index is 1.53. The van der Waals surface area contributed by atoms with E-state index in [0.717, 1.165) is 16.0 Å². The van der Waals surface area contributed by atoms with E-state index < -0.39 is 18.2 Å². The first kappa shape index (κ1) is 25.1. The average Bonchev–Trinajstić information content (AvgIpc) is 3.39. The van der Waals surface area contributed by atoms with Crippen molar-refractivity contribution >= 4 is 46.3 Å². The molecule has 1 aromatic carbocycles. The number of hydrogen-bond donors (Lipinski definition) is 1. The lowest BCUT2D eigenvalue weighted by molar-refractivity contribution is -0.275. The molecular formula is C23H24Cl2F3N3O2S. The van der Waals surface area contributed by atoms with Crippen LogP contribution >= 0.6 is 34.5 Å². The predicted octanol–water partition coefficient (Wildman–Crippen LogP) is 6.65. The Bertz CT molecular complexity index is 1150. The maximum Gasteiger partial charge on any atom is 0.435 e. The van der Waals surface area contributed by atoms with Gasteiger partial charge in [0, 0.05) is 33.6 Å². The lowest BCUT2D eigenvalue weighted by Crippen LogP contribution is -2.43. The molecule has 0 aliphatic carbocycles. The zero-order chi connectivity index (χ0) is 25.1. The number of alkyl halides is 3. The number of nitrogens with one attached hydrogen (secondary N) is 1. The highest BCUT2D eigenvalue weighted by molar-refractivity contribution is 7.14. The fraction of sp³-hybridized carbons (Fsp3) is 0.478. The number of carbonyl (C=O) groups excluding carboxylic acids is 1. The molecule has 0 saturated heterocycles. The van der Waals surface area contributed by atoms with Gasteiger partial charge in [0.15, 0.2) is 0 Å². The molecule has 0 spiro atoms. The molecule has 3 heterocycles. The van der Waals surface area contributed by atoms with Crippen molar-refractivity contribution < 1.29 is 22.8 Å². The highest BCUT2D eigenvalue weighted by atomic mass is 35.5. The van der Waals surface area contributed by atoms with Crippen LogP contribution in [-0.2, 0) is 23.5 Å². The zero-order valence-corrected chi connectivity index (χ0v) is 21.4. The van der Waals surface area contributed by atoms with E-state index in [-0.39, 0.29) is 32.8 Å². The van der Waals surface area contributed by atoms with Gasteiger partial charge in [0.05, 0.1) is 17.8 Å². The second-order valence-electron chi connectivity index (χ2n) is 9.82. The van der Waals surface area contributed by atoms with E-state index in [1.807, 2.05) is 27.7 Å². The molecule has 0 saturated carbocycles. The van der Waals surface area contributed by atoms with Crippen LogP contribution < -0.4 is 5.32 Å². The van der Waals surface area contributed by atoms with Gasteiger partial charge in [0.25, 0.3) is 11.5 Å². The van der Waals surface area contributed by atoms with Crippen LogP contribution in [0.1, 0.15) is 58.4 Å². The highest BCUT2D eigenvalue weighted by Crippen LogP contribution is 2.50. The minimum atomic E-state index is -4.75. The van der Waals surface area contributed by atoms with E-state index >= 15 is 0 Å². The number of carbonyl (C=O) groups is 1. The first-order valence-electron chi connectivity index (χ1n) is 10.6. The molecule has 2 aliphatic rings. The van der Waals surface area contributed by atoms with Gasteiger partial charge in [0.2, 0.25) is 0 Å². The van der Waals surface area contributed by atoms with Crippen LogP contribution in [0.5, 0.6) is 0 Å². The quantitative estimate of drug-likeness (QED) is 0.480. The zero-order valence-electron chi connectivity index (χ0n) is 19.1. The van der Waals surface area contributed by atoms with Crippen LogP contribution in [0, 0.1) is 12.3 Å². The van der Waals surface area contributed by atoms with Gasteiger partial charge in [0.1, 0.15) is 5.84 Å². The molecule has 5 nitrogen and oxygen atoms in total. The molecule has 1 aromatic heterocycles. The number of amides is 1. The smallest absolute Gasteiger partial charge is 0.372 e. The largest absolute Gasteiger partial charge is 0.435 e. The van der Waals surface area contributed by atoms with Crippen molar-refractivity contribution in [3.05, 3.63) is 54.7 Å². The van der Waals surface area contributed by atoms with E-state index in [2.05, 4.69) is 10.5 Å². The van der Waals surface area contributed by atoms with Crippen molar-refractivity contribution in [2.24, 2.45) is 10.6 Å². The third-order valence-electron chi connectivity index (χ3n) is 5.89. The van der Waals surface area contributed by atoms with Crippen LogP contribution in [0.25, 0.3) is 0 Å². The summed E-state index contributed by atoms with van der Waals surface area (Å²) in [5.74, 6) is 0.0591. The molecule has 1 unspecified atom stereocenters. The maximum atomic E-state index is 14.2. The standard InChI is InChI=1S/C23H24Cl2F3N3O2S/c1-12-16-9-31(10-17(16)34-19(12)20(32)29-11-21(2,3)4)18-8-22(33-30-18,23(26,27)28)13-5-14(24)7-15(25)6-13/h5-7H,8-11H2,1-4H3,(H,29,32). The van der Waals surface area contributed by atoms with Crippen molar-refractivity contribution in [2.45, 2.75) is 59.0 Å². The van der Waals surface area contributed by atoms with Gasteiger partial charge in [-0.05, 0) is 41.7 Å². The summed E-state index contributed by atoms with van der Waals surface area (Å²) in [6.07, 6.45) is -5.24. The molecule has 11 heteroatoms. The van der Waals surface area contributed by atoms with Crippen molar-refractivity contribution in [1.82, 2.24) is 10.2 Å². The second-order valence-corrected chi connectivity index (χ2v) is 11.8. The fourth-order valence-corrected chi connectivity index (χ4v) is 5.81. The summed E-state index contributed by atoms with van der Waals surface area (Å²) in [7, 11) is 0. The van der Waals surface area contributed by atoms with Crippen LogP contribution in [0.2, 0.25) is 10.0 Å². The molecule has 184 valence electrons. The molecular weight excluding hydrogens is 510 g/mol. The molecule has 1 N–H and O–H groups in total. The second kappa shape index (κ2) is 8.60. The fourth-order valence-electron chi connectivity index (χ4n) is 4.03. The third-order valence-corrected chi connectivity index (χ3v) is 7.64. The number of hydrogen-bond acceptors (Lipinski definition) is 5. The van der Waals surface area contributed by atoms with E-state index in [9.17, 15) is 18.0 Å². The number of thiophene rings is 1. The Morgan fingerprint density at radius 1 is 1.21 bits per heavy atom. The van der Waals surface area contributed by atoms with E-state index in [1.165, 1.54) is 29.5 Å². The molecule has 4 rings (SSSR count). The van der Waals surface area contributed by atoms with E-state index in [1.54, 1.807) is 4.90 Å². The number of benzene rings is 1. The van der Waals surface area contributed by atoms with Gasteiger partial charge in [-0.2, -0.15) is 13.2 Å². The normalized spacial score (nSPS) is 20.3. The summed E-state index contributed by atoms with van der Waals surface area (Å²) in [5.41, 5.74) is -1.11. The first-order chi connectivity index (χ1) is 15.7. The number of oxime groups is 1. The molecule has 1 amide bonds. The Morgan fingerprint density at radius 3 is 2.41 bits per heavy atom. The minimum absolute atomic E-state index is 0.0425. The molecule has 2 aliphatic heterocycles.